The molecule has 2 atom stereocenters. The van der Waals surface area contributed by atoms with Crippen molar-refractivity contribution < 1.29 is 24.2 Å². The van der Waals surface area contributed by atoms with E-state index in [-0.39, 0.29) is 34.8 Å². The number of rotatable bonds is 10. The number of benzene rings is 1. The van der Waals surface area contributed by atoms with Crippen LogP contribution in [0.5, 0.6) is 5.75 Å². The van der Waals surface area contributed by atoms with Gasteiger partial charge in [-0.1, -0.05) is 19.1 Å². The fourth-order valence-corrected chi connectivity index (χ4v) is 3.54. The molecule has 1 aromatic carbocycles. The van der Waals surface area contributed by atoms with Gasteiger partial charge in [0.25, 0.3) is 0 Å². The van der Waals surface area contributed by atoms with Gasteiger partial charge >= 0.3 is 5.97 Å². The van der Waals surface area contributed by atoms with Crippen LogP contribution in [0.3, 0.4) is 0 Å². The standard InChI is InChI=1S/C23H29NO6/c1-4-6-10-16(25)13-17-21(23(27)30-15(3)9-5-2)18(24-28)14-19(26)22(17)20-11-7-8-12-29-20/h5-6,10,14-15,20,26H,2,4,7-9,11-13H2,1,3H3/b10-6+/t15-,20?/m1/s1. The van der Waals surface area contributed by atoms with E-state index in [2.05, 4.69) is 11.8 Å². The minimum atomic E-state index is -0.765. The summed E-state index contributed by atoms with van der Waals surface area (Å²) in [6, 6.07) is 1.14. The molecule has 0 saturated carbocycles. The molecular formula is C23H29NO6. The summed E-state index contributed by atoms with van der Waals surface area (Å²) < 4.78 is 11.3. The number of nitroso groups, excluding NO2 is 1. The van der Waals surface area contributed by atoms with Crippen LogP contribution >= 0.6 is 0 Å². The zero-order chi connectivity index (χ0) is 22.1. The van der Waals surface area contributed by atoms with Crippen LogP contribution in [0.1, 0.15) is 73.5 Å². The van der Waals surface area contributed by atoms with Crippen molar-refractivity contribution >= 4 is 17.4 Å². The highest BCUT2D eigenvalue weighted by molar-refractivity contribution is 6.01. The van der Waals surface area contributed by atoms with E-state index in [1.54, 1.807) is 19.1 Å². The van der Waals surface area contributed by atoms with Crippen LogP contribution in [0, 0.1) is 4.91 Å². The smallest absolute Gasteiger partial charge is 0.341 e. The van der Waals surface area contributed by atoms with E-state index < -0.39 is 18.2 Å². The third-order valence-corrected chi connectivity index (χ3v) is 4.93. The second kappa shape index (κ2) is 11.4. The van der Waals surface area contributed by atoms with Crippen molar-refractivity contribution in [2.75, 3.05) is 6.61 Å². The number of esters is 1. The second-order valence-corrected chi connectivity index (χ2v) is 7.32. The van der Waals surface area contributed by atoms with E-state index in [1.807, 2.05) is 6.92 Å². The Labute approximate surface area is 176 Å². The Kier molecular flexibility index (Phi) is 8.92. The Balaban J connectivity index is 2.61. The molecule has 1 N–H and O–H groups in total. The third kappa shape index (κ3) is 5.86. The van der Waals surface area contributed by atoms with Gasteiger partial charge in [-0.25, -0.2) is 4.79 Å². The third-order valence-electron chi connectivity index (χ3n) is 4.93. The molecule has 1 heterocycles. The normalized spacial score (nSPS) is 17.5. The number of ether oxygens (including phenoxy) is 2. The molecular weight excluding hydrogens is 386 g/mol. The van der Waals surface area contributed by atoms with E-state index in [4.69, 9.17) is 9.47 Å². The lowest BCUT2D eigenvalue weighted by atomic mass is 9.88. The Morgan fingerprint density at radius 1 is 1.43 bits per heavy atom. The molecule has 7 nitrogen and oxygen atoms in total. The highest BCUT2D eigenvalue weighted by Crippen LogP contribution is 2.42. The van der Waals surface area contributed by atoms with E-state index in [1.165, 1.54) is 6.08 Å². The molecule has 7 heteroatoms. The summed E-state index contributed by atoms with van der Waals surface area (Å²) in [5.74, 6) is -1.24. The molecule has 0 amide bonds. The zero-order valence-corrected chi connectivity index (χ0v) is 17.6. The summed E-state index contributed by atoms with van der Waals surface area (Å²) in [6.07, 6.45) is 7.16. The maximum absolute atomic E-state index is 13.0. The number of nitrogens with zero attached hydrogens (tertiary/aromatic N) is 1. The van der Waals surface area contributed by atoms with Gasteiger partial charge in [0, 0.05) is 31.1 Å². The van der Waals surface area contributed by atoms with Crippen LogP contribution in [0.4, 0.5) is 5.69 Å². The van der Waals surface area contributed by atoms with Crippen molar-refractivity contribution in [1.82, 2.24) is 0 Å². The molecule has 0 aromatic heterocycles. The van der Waals surface area contributed by atoms with Crippen molar-refractivity contribution in [3.05, 3.63) is 52.5 Å². The van der Waals surface area contributed by atoms with Crippen LogP contribution in [-0.4, -0.2) is 29.6 Å². The van der Waals surface area contributed by atoms with Gasteiger partial charge in [0.2, 0.25) is 0 Å². The monoisotopic (exact) mass is 415 g/mol. The van der Waals surface area contributed by atoms with Gasteiger partial charge in [-0.2, -0.15) is 0 Å². The number of carbonyl (C=O) groups is 2. The van der Waals surface area contributed by atoms with E-state index >= 15 is 0 Å². The van der Waals surface area contributed by atoms with Crippen LogP contribution in [0.25, 0.3) is 0 Å². The van der Waals surface area contributed by atoms with Gasteiger partial charge in [0.15, 0.2) is 5.78 Å². The van der Waals surface area contributed by atoms with Gasteiger partial charge in [-0.3, -0.25) is 4.79 Å². The summed E-state index contributed by atoms with van der Waals surface area (Å²) in [7, 11) is 0. The lowest BCUT2D eigenvalue weighted by Gasteiger charge is -2.27. The lowest BCUT2D eigenvalue weighted by molar-refractivity contribution is -0.114. The molecule has 1 aromatic rings. The number of carbonyl (C=O) groups excluding carboxylic acids is 2. The Bertz CT molecular complexity index is 823. The summed E-state index contributed by atoms with van der Waals surface area (Å²) in [5.41, 5.74) is 0.230. The minimum absolute atomic E-state index is 0.0962. The average molecular weight is 415 g/mol. The van der Waals surface area contributed by atoms with Crippen molar-refractivity contribution in [2.45, 2.75) is 64.6 Å². The van der Waals surface area contributed by atoms with Gasteiger partial charge in [0.05, 0.1) is 11.7 Å². The summed E-state index contributed by atoms with van der Waals surface area (Å²) in [6.45, 7) is 7.74. The molecule has 1 saturated heterocycles. The minimum Gasteiger partial charge on any atom is -0.507 e. The SMILES string of the molecule is C=CC[C@@H](C)OC(=O)c1c(N=O)cc(O)c(C2CCCCO2)c1CC(=O)/C=C/CC. The number of phenolic OH excluding ortho intramolecular Hbond substituents is 1. The van der Waals surface area contributed by atoms with Crippen molar-refractivity contribution in [3.63, 3.8) is 0 Å². The largest absolute Gasteiger partial charge is 0.507 e. The fraction of sp³-hybridized carbons (Fsp3) is 0.478. The molecule has 0 bridgehead atoms. The van der Waals surface area contributed by atoms with E-state index in [9.17, 15) is 19.6 Å². The molecule has 0 radical (unpaired) electrons. The summed E-state index contributed by atoms with van der Waals surface area (Å²) >= 11 is 0. The van der Waals surface area contributed by atoms with E-state index in [0.717, 1.165) is 18.9 Å². The quantitative estimate of drug-likeness (QED) is 0.243. The number of hydrogen-bond acceptors (Lipinski definition) is 7. The second-order valence-electron chi connectivity index (χ2n) is 7.32. The molecule has 1 unspecified atom stereocenters. The molecule has 162 valence electrons. The van der Waals surface area contributed by atoms with Gasteiger partial charge < -0.3 is 14.6 Å². The first-order valence-electron chi connectivity index (χ1n) is 10.3. The zero-order valence-electron chi connectivity index (χ0n) is 17.6. The first-order valence-corrected chi connectivity index (χ1v) is 10.3. The van der Waals surface area contributed by atoms with Crippen molar-refractivity contribution in [2.24, 2.45) is 5.18 Å². The van der Waals surface area contributed by atoms with Gasteiger partial charge in [-0.15, -0.1) is 11.5 Å². The summed E-state index contributed by atoms with van der Waals surface area (Å²) in [5, 5.41) is 13.6. The summed E-state index contributed by atoms with van der Waals surface area (Å²) in [4.78, 5) is 37.0. The Hall–Kier alpha value is -2.80. The predicted octanol–water partition coefficient (Wildman–Crippen LogP) is 5.23. The number of phenols is 1. The first-order chi connectivity index (χ1) is 14.4. The maximum Gasteiger partial charge on any atom is 0.341 e. The average Bonchev–Trinajstić information content (AvgIpc) is 2.72. The molecule has 30 heavy (non-hydrogen) atoms. The Morgan fingerprint density at radius 3 is 2.80 bits per heavy atom. The number of ketones is 1. The molecule has 2 rings (SSSR count). The molecule has 1 aliphatic heterocycles. The molecule has 0 aliphatic carbocycles. The number of hydrogen-bond donors (Lipinski definition) is 1. The van der Waals surface area contributed by atoms with Gasteiger partial charge in [-0.05, 0) is 49.4 Å². The fourth-order valence-electron chi connectivity index (χ4n) is 3.54. The topological polar surface area (TPSA) is 102 Å². The van der Waals surface area contributed by atoms with Crippen molar-refractivity contribution in [3.8, 4) is 5.75 Å². The number of aromatic hydroxyl groups is 1. The van der Waals surface area contributed by atoms with Crippen molar-refractivity contribution in [1.29, 1.82) is 0 Å². The highest BCUT2D eigenvalue weighted by atomic mass is 16.5. The number of allylic oxidation sites excluding steroid dienone is 2. The van der Waals surface area contributed by atoms with Gasteiger partial charge in [0.1, 0.15) is 17.5 Å². The molecule has 0 spiro atoms. The lowest BCUT2D eigenvalue weighted by Crippen LogP contribution is -2.21. The van der Waals surface area contributed by atoms with Crippen LogP contribution in [-0.2, 0) is 20.7 Å². The Morgan fingerprint density at radius 2 is 2.20 bits per heavy atom. The van der Waals surface area contributed by atoms with E-state index in [0.29, 0.717) is 31.4 Å². The van der Waals surface area contributed by atoms with Crippen LogP contribution in [0.2, 0.25) is 0 Å². The molecule has 1 aliphatic rings. The predicted molar refractivity (Wildman–Crippen MR) is 114 cm³/mol. The first kappa shape index (κ1) is 23.5. The molecule has 1 fully saturated rings. The van der Waals surface area contributed by atoms with Crippen LogP contribution < -0.4 is 0 Å². The maximum atomic E-state index is 13.0. The van der Waals surface area contributed by atoms with Crippen LogP contribution in [0.15, 0.2) is 36.1 Å². The highest BCUT2D eigenvalue weighted by Gasteiger charge is 2.31.